The van der Waals surface area contributed by atoms with Crippen LogP contribution in [0.25, 0.3) is 6.08 Å². The quantitative estimate of drug-likeness (QED) is 0.232. The van der Waals surface area contributed by atoms with Crippen LogP contribution in [0.2, 0.25) is 0 Å². The largest absolute Gasteiger partial charge is 0.493 e. The minimum absolute atomic E-state index is 0.0142. The van der Waals surface area contributed by atoms with Gasteiger partial charge in [0.1, 0.15) is 6.61 Å². The first kappa shape index (κ1) is 24.5. The molecule has 3 aromatic rings. The van der Waals surface area contributed by atoms with Crippen molar-refractivity contribution in [3.8, 4) is 17.6 Å². The highest BCUT2D eigenvalue weighted by Crippen LogP contribution is 2.35. The number of carbonyl (C=O) groups is 2. The van der Waals surface area contributed by atoms with Gasteiger partial charge in [0.2, 0.25) is 0 Å². The predicted molar refractivity (Wildman–Crippen MR) is 133 cm³/mol. The molecule has 2 amide bonds. The zero-order valence-corrected chi connectivity index (χ0v) is 19.9. The molecule has 10 heteroatoms. The van der Waals surface area contributed by atoms with E-state index in [1.54, 1.807) is 36.4 Å². The van der Waals surface area contributed by atoms with E-state index in [4.69, 9.17) is 9.47 Å². The highest BCUT2D eigenvalue weighted by molar-refractivity contribution is 8.18. The lowest BCUT2D eigenvalue weighted by Gasteiger charge is -2.13. The van der Waals surface area contributed by atoms with Crippen molar-refractivity contribution in [2.45, 2.75) is 13.2 Å². The molecule has 0 N–H and O–H groups in total. The third-order valence-electron chi connectivity index (χ3n) is 5.37. The maximum atomic E-state index is 12.9. The van der Waals surface area contributed by atoms with Gasteiger partial charge in [-0.1, -0.05) is 36.4 Å². The number of rotatable bonds is 8. The molecule has 0 atom stereocenters. The fourth-order valence-electron chi connectivity index (χ4n) is 3.50. The Labute approximate surface area is 210 Å². The monoisotopic (exact) mass is 501 g/mol. The number of nitro groups is 1. The number of nitrogens with zero attached hydrogens (tertiary/aromatic N) is 3. The van der Waals surface area contributed by atoms with Crippen LogP contribution >= 0.6 is 11.8 Å². The zero-order chi connectivity index (χ0) is 25.7. The van der Waals surface area contributed by atoms with E-state index in [1.165, 1.54) is 31.4 Å². The summed E-state index contributed by atoms with van der Waals surface area (Å²) >= 11 is 0.821. The lowest BCUT2D eigenvalue weighted by molar-refractivity contribution is -0.384. The van der Waals surface area contributed by atoms with E-state index in [-0.39, 0.29) is 23.7 Å². The molecule has 9 nitrogen and oxygen atoms in total. The third-order valence-corrected chi connectivity index (χ3v) is 6.28. The van der Waals surface area contributed by atoms with E-state index in [1.807, 2.05) is 12.1 Å². The second kappa shape index (κ2) is 10.8. The maximum absolute atomic E-state index is 12.9. The molecule has 0 unspecified atom stereocenters. The second-order valence-corrected chi connectivity index (χ2v) is 8.65. The van der Waals surface area contributed by atoms with Gasteiger partial charge in [-0.15, -0.1) is 0 Å². The van der Waals surface area contributed by atoms with Crippen molar-refractivity contribution in [1.29, 1.82) is 5.26 Å². The zero-order valence-electron chi connectivity index (χ0n) is 19.0. The minimum atomic E-state index is -0.511. The Morgan fingerprint density at radius 2 is 1.83 bits per heavy atom. The summed E-state index contributed by atoms with van der Waals surface area (Å²) in [6.45, 7) is 0.196. The lowest BCUT2D eigenvalue weighted by Crippen LogP contribution is -2.27. The van der Waals surface area contributed by atoms with Gasteiger partial charge in [0.25, 0.3) is 16.8 Å². The van der Waals surface area contributed by atoms with Crippen LogP contribution < -0.4 is 9.47 Å². The van der Waals surface area contributed by atoms with Crippen molar-refractivity contribution < 1.29 is 24.0 Å². The van der Waals surface area contributed by atoms with Crippen molar-refractivity contribution in [2.24, 2.45) is 0 Å². The molecule has 3 aromatic carbocycles. The molecule has 180 valence electrons. The summed E-state index contributed by atoms with van der Waals surface area (Å²) in [5.41, 5.74) is 2.44. The van der Waals surface area contributed by atoms with Gasteiger partial charge in [-0.3, -0.25) is 24.6 Å². The van der Waals surface area contributed by atoms with Crippen LogP contribution in [0.15, 0.2) is 71.6 Å². The fourth-order valence-corrected chi connectivity index (χ4v) is 4.34. The van der Waals surface area contributed by atoms with E-state index in [0.717, 1.165) is 22.2 Å². The summed E-state index contributed by atoms with van der Waals surface area (Å²) in [5.74, 6) is 0.452. The van der Waals surface area contributed by atoms with Crippen LogP contribution in [0.3, 0.4) is 0 Å². The van der Waals surface area contributed by atoms with Crippen molar-refractivity contribution in [3.63, 3.8) is 0 Å². The molecule has 1 saturated heterocycles. The van der Waals surface area contributed by atoms with Crippen molar-refractivity contribution >= 4 is 34.7 Å². The van der Waals surface area contributed by atoms with Gasteiger partial charge in [0, 0.05) is 17.7 Å². The molecule has 0 spiro atoms. The summed E-state index contributed by atoms with van der Waals surface area (Å²) in [6.07, 6.45) is 1.60. The molecule has 0 bridgehead atoms. The molecular formula is C26H19N3O6S. The number of nitro benzene ring substituents is 1. The number of amides is 2. The van der Waals surface area contributed by atoms with E-state index < -0.39 is 16.1 Å². The number of hydrogen-bond donors (Lipinski definition) is 0. The molecule has 0 aliphatic carbocycles. The Morgan fingerprint density at radius 3 is 2.53 bits per heavy atom. The molecule has 1 fully saturated rings. The molecule has 1 heterocycles. The third kappa shape index (κ3) is 5.37. The lowest BCUT2D eigenvalue weighted by atomic mass is 10.1. The van der Waals surface area contributed by atoms with Crippen LogP contribution in [0, 0.1) is 21.4 Å². The average molecular weight is 502 g/mol. The smallest absolute Gasteiger partial charge is 0.293 e. The van der Waals surface area contributed by atoms with Gasteiger partial charge in [0.05, 0.1) is 35.1 Å². The Morgan fingerprint density at radius 1 is 1.08 bits per heavy atom. The Balaban J connectivity index is 1.48. The van der Waals surface area contributed by atoms with Gasteiger partial charge < -0.3 is 9.47 Å². The predicted octanol–water partition coefficient (Wildman–Crippen LogP) is 5.29. The van der Waals surface area contributed by atoms with Gasteiger partial charge >= 0.3 is 0 Å². The number of thioether (sulfide) groups is 1. The first-order valence-electron chi connectivity index (χ1n) is 10.7. The van der Waals surface area contributed by atoms with Crippen LogP contribution in [0.4, 0.5) is 10.5 Å². The molecule has 0 radical (unpaired) electrons. The molecule has 1 aliphatic rings. The standard InChI is InChI=1S/C26H19N3O6S/c1-34-23-12-18(8-11-22(23)35-16-20-5-3-2-4-19(20)14-27)13-24-25(30)28(26(31)36-24)15-17-6-9-21(10-7-17)29(32)33/h2-13H,15-16H2,1H3. The molecule has 0 aromatic heterocycles. The highest BCUT2D eigenvalue weighted by atomic mass is 32.2. The van der Waals surface area contributed by atoms with Crippen LogP contribution in [0.1, 0.15) is 22.3 Å². The normalized spacial score (nSPS) is 14.1. The first-order valence-corrected chi connectivity index (χ1v) is 11.5. The minimum Gasteiger partial charge on any atom is -0.493 e. The van der Waals surface area contributed by atoms with Gasteiger partial charge in [0.15, 0.2) is 11.5 Å². The summed E-state index contributed by atoms with van der Waals surface area (Å²) in [5, 5.41) is 19.6. The number of non-ortho nitro benzene ring substituents is 1. The number of nitriles is 1. The summed E-state index contributed by atoms with van der Waals surface area (Å²) in [6, 6.07) is 20.1. The second-order valence-electron chi connectivity index (χ2n) is 7.66. The van der Waals surface area contributed by atoms with Crippen LogP contribution in [-0.2, 0) is 17.9 Å². The first-order chi connectivity index (χ1) is 17.4. The Bertz CT molecular complexity index is 1410. The summed E-state index contributed by atoms with van der Waals surface area (Å²) in [4.78, 5) is 37.0. The van der Waals surface area contributed by atoms with Gasteiger partial charge in [-0.25, -0.2) is 0 Å². The van der Waals surface area contributed by atoms with Gasteiger partial charge in [-0.2, -0.15) is 5.26 Å². The fraction of sp³-hybridized carbons (Fsp3) is 0.115. The highest BCUT2D eigenvalue weighted by Gasteiger charge is 2.35. The number of hydrogen-bond acceptors (Lipinski definition) is 8. The number of methoxy groups -OCH3 is 1. The molecule has 0 saturated carbocycles. The topological polar surface area (TPSA) is 123 Å². The Hall–Kier alpha value is -4.62. The van der Waals surface area contributed by atoms with Crippen molar-refractivity contribution in [1.82, 2.24) is 4.90 Å². The van der Waals surface area contributed by atoms with E-state index in [9.17, 15) is 25.0 Å². The average Bonchev–Trinajstić information content (AvgIpc) is 3.15. The van der Waals surface area contributed by atoms with Crippen molar-refractivity contribution in [2.75, 3.05) is 7.11 Å². The maximum Gasteiger partial charge on any atom is 0.293 e. The molecule has 36 heavy (non-hydrogen) atoms. The molecule has 4 rings (SSSR count). The molecule has 1 aliphatic heterocycles. The Kier molecular flexibility index (Phi) is 7.32. The van der Waals surface area contributed by atoms with Crippen LogP contribution in [0.5, 0.6) is 11.5 Å². The summed E-state index contributed by atoms with van der Waals surface area (Å²) in [7, 11) is 1.49. The van der Waals surface area contributed by atoms with Crippen molar-refractivity contribution in [3.05, 3.63) is 104 Å². The number of ether oxygens (including phenoxy) is 2. The number of imide groups is 1. The molecular weight excluding hydrogens is 482 g/mol. The van der Waals surface area contributed by atoms with E-state index in [2.05, 4.69) is 6.07 Å². The summed E-state index contributed by atoms with van der Waals surface area (Å²) < 4.78 is 11.3. The van der Waals surface area contributed by atoms with E-state index in [0.29, 0.717) is 28.2 Å². The SMILES string of the molecule is COc1cc(C=C2SC(=O)N(Cc3ccc([N+](=O)[O-])cc3)C2=O)ccc1OCc1ccccc1C#N. The van der Waals surface area contributed by atoms with E-state index >= 15 is 0 Å². The van der Waals surface area contributed by atoms with Crippen LogP contribution in [-0.4, -0.2) is 28.1 Å². The number of carbonyl (C=O) groups excluding carboxylic acids is 2. The number of benzene rings is 3. The van der Waals surface area contributed by atoms with Gasteiger partial charge in [-0.05, 0) is 47.2 Å².